The molecule has 1 N–H and O–H groups in total. The molecule has 7 nitrogen and oxygen atoms in total. The first kappa shape index (κ1) is 22.8. The quantitative estimate of drug-likeness (QED) is 0.537. The van der Waals surface area contributed by atoms with E-state index in [0.29, 0.717) is 37.0 Å². The van der Waals surface area contributed by atoms with Crippen LogP contribution in [0.15, 0.2) is 54.6 Å². The molecule has 0 saturated carbocycles. The number of hydrogen-bond donors (Lipinski definition) is 1. The average molecular weight is 453 g/mol. The predicted octanol–water partition coefficient (Wildman–Crippen LogP) is 4.73. The van der Waals surface area contributed by atoms with Crippen molar-refractivity contribution >= 4 is 6.03 Å². The second-order valence-electron chi connectivity index (χ2n) is 8.03. The summed E-state index contributed by atoms with van der Waals surface area (Å²) in [5.41, 5.74) is 2.37. The van der Waals surface area contributed by atoms with E-state index in [1.165, 1.54) is 12.1 Å². The number of carbonyl (C=O) groups excluding carboxylic acids is 1. The van der Waals surface area contributed by atoms with Crippen molar-refractivity contribution in [2.45, 2.75) is 32.4 Å². The van der Waals surface area contributed by atoms with E-state index in [2.05, 4.69) is 5.32 Å². The lowest BCUT2D eigenvalue weighted by Gasteiger charge is -2.26. The molecule has 4 rings (SSSR count). The highest BCUT2D eigenvalue weighted by Crippen LogP contribution is 2.34. The van der Waals surface area contributed by atoms with Gasteiger partial charge < -0.3 is 19.7 Å². The third-order valence-electron chi connectivity index (χ3n) is 5.56. The molecule has 0 spiro atoms. The maximum Gasteiger partial charge on any atom is 0.317 e. The average Bonchev–Trinajstić information content (AvgIpc) is 3.43. The number of nitrogens with one attached hydrogen (secondary N) is 1. The van der Waals surface area contributed by atoms with E-state index in [0.717, 1.165) is 24.0 Å². The van der Waals surface area contributed by atoms with E-state index in [4.69, 9.17) is 14.6 Å². The van der Waals surface area contributed by atoms with Crippen molar-refractivity contribution in [1.82, 2.24) is 20.0 Å². The number of urea groups is 1. The van der Waals surface area contributed by atoms with E-state index >= 15 is 0 Å². The Hall–Kier alpha value is -3.39. The van der Waals surface area contributed by atoms with Crippen LogP contribution in [0.3, 0.4) is 0 Å². The van der Waals surface area contributed by atoms with Crippen LogP contribution >= 0.6 is 0 Å². The van der Waals surface area contributed by atoms with Gasteiger partial charge in [-0.3, -0.25) is 0 Å². The van der Waals surface area contributed by atoms with Crippen LogP contribution in [0.2, 0.25) is 0 Å². The summed E-state index contributed by atoms with van der Waals surface area (Å²) in [7, 11) is 1.78. The summed E-state index contributed by atoms with van der Waals surface area (Å²) in [6.07, 6.45) is 1.91. The van der Waals surface area contributed by atoms with Gasteiger partial charge in [0.15, 0.2) is 0 Å². The molecule has 1 aromatic heterocycles. The predicted molar refractivity (Wildman–Crippen MR) is 124 cm³/mol. The van der Waals surface area contributed by atoms with Crippen molar-refractivity contribution < 1.29 is 18.7 Å². The first-order valence-corrected chi connectivity index (χ1v) is 11.2. The number of amides is 2. The summed E-state index contributed by atoms with van der Waals surface area (Å²) in [5, 5.41) is 7.59. The monoisotopic (exact) mass is 452 g/mol. The summed E-state index contributed by atoms with van der Waals surface area (Å²) in [4.78, 5) is 14.7. The largest absolute Gasteiger partial charge is 0.439 e. The molecule has 33 heavy (non-hydrogen) atoms. The van der Waals surface area contributed by atoms with E-state index in [9.17, 15) is 9.18 Å². The second kappa shape index (κ2) is 10.5. The Labute approximate surface area is 193 Å². The molecule has 0 bridgehead atoms. The maximum absolute atomic E-state index is 13.8. The Kier molecular flexibility index (Phi) is 7.24. The molecule has 2 amide bonds. The summed E-state index contributed by atoms with van der Waals surface area (Å²) in [6.45, 7) is 3.86. The van der Waals surface area contributed by atoms with Gasteiger partial charge in [0, 0.05) is 38.4 Å². The fourth-order valence-electron chi connectivity index (χ4n) is 4.00. The third kappa shape index (κ3) is 5.51. The van der Waals surface area contributed by atoms with E-state index in [1.54, 1.807) is 28.8 Å². The van der Waals surface area contributed by atoms with Gasteiger partial charge in [-0.25, -0.2) is 13.9 Å². The summed E-state index contributed by atoms with van der Waals surface area (Å²) < 4.78 is 27.3. The molecule has 0 aliphatic carbocycles. The standard InChI is InChI=1S/C25H29FN4O3/c1-3-27-25(31)30(16-21-13-8-14-32-21)17-22-23(18-9-5-4-6-10-18)28-29(2)24(22)33-20-12-7-11-19(26)15-20/h4-7,9-12,15,21H,3,8,13-14,16-17H2,1-2H3,(H,27,31). The van der Waals surface area contributed by atoms with Crippen LogP contribution in [-0.4, -0.2) is 46.5 Å². The van der Waals surface area contributed by atoms with E-state index in [1.807, 2.05) is 37.3 Å². The first-order chi connectivity index (χ1) is 16.0. The van der Waals surface area contributed by atoms with Crippen LogP contribution < -0.4 is 10.1 Å². The molecule has 1 fully saturated rings. The summed E-state index contributed by atoms with van der Waals surface area (Å²) >= 11 is 0. The molecule has 3 aromatic rings. The third-order valence-corrected chi connectivity index (χ3v) is 5.56. The van der Waals surface area contributed by atoms with Crippen LogP contribution in [0, 0.1) is 5.82 Å². The van der Waals surface area contributed by atoms with Crippen LogP contribution in [-0.2, 0) is 18.3 Å². The molecule has 0 radical (unpaired) electrons. The molecular weight excluding hydrogens is 423 g/mol. The fraction of sp³-hybridized carbons (Fsp3) is 0.360. The number of benzene rings is 2. The van der Waals surface area contributed by atoms with Crippen molar-refractivity contribution in [2.24, 2.45) is 7.05 Å². The molecular formula is C25H29FN4O3. The number of aromatic nitrogens is 2. The molecule has 1 aliphatic heterocycles. The SMILES string of the molecule is CCNC(=O)N(Cc1c(-c2ccccc2)nn(C)c1Oc1cccc(F)c1)CC1CCCO1. The van der Waals surface area contributed by atoms with E-state index in [-0.39, 0.29) is 24.5 Å². The zero-order chi connectivity index (χ0) is 23.2. The van der Waals surface area contributed by atoms with Crippen LogP contribution in [0.1, 0.15) is 25.3 Å². The number of hydrogen-bond acceptors (Lipinski definition) is 4. The minimum Gasteiger partial charge on any atom is -0.439 e. The molecule has 1 saturated heterocycles. The number of nitrogens with zero attached hydrogens (tertiary/aromatic N) is 3. The topological polar surface area (TPSA) is 68.6 Å². The van der Waals surface area contributed by atoms with Gasteiger partial charge in [-0.1, -0.05) is 36.4 Å². The van der Waals surface area contributed by atoms with Crippen molar-refractivity contribution in [2.75, 3.05) is 19.7 Å². The zero-order valence-corrected chi connectivity index (χ0v) is 19.0. The van der Waals surface area contributed by atoms with Gasteiger partial charge in [0.2, 0.25) is 5.88 Å². The van der Waals surface area contributed by atoms with Gasteiger partial charge in [-0.2, -0.15) is 5.10 Å². The van der Waals surface area contributed by atoms with Gasteiger partial charge >= 0.3 is 6.03 Å². The smallest absolute Gasteiger partial charge is 0.317 e. The Morgan fingerprint density at radius 3 is 2.79 bits per heavy atom. The minimum absolute atomic E-state index is 0.00274. The van der Waals surface area contributed by atoms with Gasteiger partial charge in [-0.05, 0) is 31.9 Å². The van der Waals surface area contributed by atoms with Crippen LogP contribution in [0.25, 0.3) is 11.3 Å². The number of rotatable bonds is 8. The Morgan fingerprint density at radius 2 is 2.09 bits per heavy atom. The normalized spacial score (nSPS) is 15.4. The highest BCUT2D eigenvalue weighted by atomic mass is 19.1. The number of aryl methyl sites for hydroxylation is 1. The second-order valence-corrected chi connectivity index (χ2v) is 8.03. The van der Waals surface area contributed by atoms with Gasteiger partial charge in [0.1, 0.15) is 17.3 Å². The Balaban J connectivity index is 1.73. The lowest BCUT2D eigenvalue weighted by Crippen LogP contribution is -2.43. The van der Waals surface area contributed by atoms with Crippen molar-refractivity contribution in [3.05, 3.63) is 66.0 Å². The zero-order valence-electron chi connectivity index (χ0n) is 19.0. The fourth-order valence-corrected chi connectivity index (χ4v) is 4.00. The van der Waals surface area contributed by atoms with E-state index < -0.39 is 0 Å². The molecule has 1 unspecified atom stereocenters. The van der Waals surface area contributed by atoms with Gasteiger partial charge in [0.25, 0.3) is 0 Å². The Bertz CT molecular complexity index is 1080. The summed E-state index contributed by atoms with van der Waals surface area (Å²) in [6, 6.07) is 15.6. The highest BCUT2D eigenvalue weighted by Gasteiger charge is 2.27. The minimum atomic E-state index is -0.387. The molecule has 174 valence electrons. The van der Waals surface area contributed by atoms with Gasteiger partial charge in [0.05, 0.1) is 18.2 Å². The Morgan fingerprint density at radius 1 is 1.27 bits per heavy atom. The highest BCUT2D eigenvalue weighted by molar-refractivity contribution is 5.75. The van der Waals surface area contributed by atoms with Gasteiger partial charge in [-0.15, -0.1) is 0 Å². The lowest BCUT2D eigenvalue weighted by atomic mass is 10.1. The maximum atomic E-state index is 13.8. The summed E-state index contributed by atoms with van der Waals surface area (Å²) in [5.74, 6) is 0.436. The van der Waals surface area contributed by atoms with Crippen LogP contribution in [0.5, 0.6) is 11.6 Å². The van der Waals surface area contributed by atoms with Crippen LogP contribution in [0.4, 0.5) is 9.18 Å². The van der Waals surface area contributed by atoms with Crippen molar-refractivity contribution in [3.8, 4) is 22.9 Å². The molecule has 2 aromatic carbocycles. The molecule has 2 heterocycles. The number of halogens is 1. The number of carbonyl (C=O) groups is 1. The molecule has 8 heteroatoms. The first-order valence-electron chi connectivity index (χ1n) is 11.2. The lowest BCUT2D eigenvalue weighted by molar-refractivity contribution is 0.0794. The molecule has 1 aliphatic rings. The molecule has 1 atom stereocenters. The van der Waals surface area contributed by atoms with Crippen molar-refractivity contribution in [3.63, 3.8) is 0 Å². The van der Waals surface area contributed by atoms with Crippen molar-refractivity contribution in [1.29, 1.82) is 0 Å². The number of ether oxygens (including phenoxy) is 2.